The molecule has 0 radical (unpaired) electrons. The number of hydrogen-bond acceptors (Lipinski definition) is 7. The zero-order chi connectivity index (χ0) is 18.2. The maximum absolute atomic E-state index is 12.1. The molecule has 0 aromatic carbocycles. The van der Waals surface area contributed by atoms with Gasteiger partial charge in [-0.05, 0) is 20.3 Å². The van der Waals surface area contributed by atoms with E-state index in [2.05, 4.69) is 0 Å². The van der Waals surface area contributed by atoms with Gasteiger partial charge in [-0.3, -0.25) is 0 Å². The van der Waals surface area contributed by atoms with Crippen molar-refractivity contribution in [2.75, 3.05) is 51.0 Å². The number of aliphatic hydroxyl groups excluding tert-OH is 1. The molecule has 1 unspecified atom stereocenters. The van der Waals surface area contributed by atoms with E-state index in [9.17, 15) is 18.0 Å². The Morgan fingerprint density at radius 3 is 2.21 bits per heavy atom. The number of carbonyl (C=O) groups excluding carboxylic acids is 2. The van der Waals surface area contributed by atoms with Crippen LogP contribution in [0, 0.1) is 0 Å². The molecule has 1 aliphatic heterocycles. The molecule has 1 N–H and O–H groups in total. The van der Waals surface area contributed by atoms with E-state index in [1.165, 1.54) is 9.80 Å². The average Bonchev–Trinajstić information content (AvgIpc) is 2.86. The van der Waals surface area contributed by atoms with Gasteiger partial charge in [-0.15, -0.1) is 0 Å². The van der Waals surface area contributed by atoms with Crippen molar-refractivity contribution in [3.05, 3.63) is 0 Å². The summed E-state index contributed by atoms with van der Waals surface area (Å²) in [6.45, 7) is 3.76. The lowest BCUT2D eigenvalue weighted by Crippen LogP contribution is -2.47. The largest absolute Gasteiger partial charge is 0.450 e. The number of aliphatic hydroxyl groups is 1. The second kappa shape index (κ2) is 9.67. The first-order chi connectivity index (χ1) is 11.3. The SMILES string of the molecule is CCOC(=O)N(CCO)CCN(C(=O)OCC)C1CCS(=O)(=O)C1. The first-order valence-corrected chi connectivity index (χ1v) is 9.83. The average molecular weight is 366 g/mol. The highest BCUT2D eigenvalue weighted by Crippen LogP contribution is 2.18. The first-order valence-electron chi connectivity index (χ1n) is 8.01. The normalized spacial score (nSPS) is 18.9. The summed E-state index contributed by atoms with van der Waals surface area (Å²) in [6.07, 6.45) is -0.845. The quantitative estimate of drug-likeness (QED) is 0.647. The molecule has 1 fully saturated rings. The Kier molecular flexibility index (Phi) is 8.26. The Morgan fingerprint density at radius 2 is 1.71 bits per heavy atom. The summed E-state index contributed by atoms with van der Waals surface area (Å²) in [5, 5.41) is 9.06. The maximum Gasteiger partial charge on any atom is 0.410 e. The summed E-state index contributed by atoms with van der Waals surface area (Å²) < 4.78 is 33.2. The molecule has 0 aliphatic carbocycles. The molecule has 0 aromatic rings. The first kappa shape index (κ1) is 20.5. The third-order valence-electron chi connectivity index (χ3n) is 3.66. The van der Waals surface area contributed by atoms with Crippen LogP contribution in [0.1, 0.15) is 20.3 Å². The van der Waals surface area contributed by atoms with E-state index in [-0.39, 0.29) is 51.0 Å². The smallest absolute Gasteiger partial charge is 0.410 e. The molecule has 0 bridgehead atoms. The Balaban J connectivity index is 2.76. The van der Waals surface area contributed by atoms with Crippen molar-refractivity contribution in [3.8, 4) is 0 Å². The molecule has 10 heteroatoms. The number of amides is 2. The second-order valence-corrected chi connectivity index (χ2v) is 7.59. The van der Waals surface area contributed by atoms with Crippen molar-refractivity contribution in [2.45, 2.75) is 26.3 Å². The summed E-state index contributed by atoms with van der Waals surface area (Å²) in [7, 11) is -3.16. The van der Waals surface area contributed by atoms with Gasteiger partial charge in [0.15, 0.2) is 9.84 Å². The van der Waals surface area contributed by atoms with Gasteiger partial charge in [-0.25, -0.2) is 18.0 Å². The lowest BCUT2D eigenvalue weighted by atomic mass is 10.2. The van der Waals surface area contributed by atoms with Crippen molar-refractivity contribution in [2.24, 2.45) is 0 Å². The third kappa shape index (κ3) is 6.16. The predicted molar refractivity (Wildman–Crippen MR) is 86.5 cm³/mol. The minimum atomic E-state index is -3.16. The van der Waals surface area contributed by atoms with Crippen LogP contribution in [0.3, 0.4) is 0 Å². The fraction of sp³-hybridized carbons (Fsp3) is 0.857. The van der Waals surface area contributed by atoms with E-state index in [0.717, 1.165) is 0 Å². The maximum atomic E-state index is 12.1. The van der Waals surface area contributed by atoms with Crippen LogP contribution in [-0.4, -0.2) is 92.5 Å². The van der Waals surface area contributed by atoms with Crippen LogP contribution in [0.2, 0.25) is 0 Å². The van der Waals surface area contributed by atoms with Crippen LogP contribution in [0.15, 0.2) is 0 Å². The van der Waals surface area contributed by atoms with Gasteiger partial charge in [0.1, 0.15) is 0 Å². The standard InChI is InChI=1S/C14H26N2O7S/c1-3-22-13(18)15(8-9-17)6-7-16(14(19)23-4-2)12-5-10-24(20,21)11-12/h12,17H,3-11H2,1-2H3. The van der Waals surface area contributed by atoms with Crippen molar-refractivity contribution in [1.29, 1.82) is 0 Å². The molecule has 1 heterocycles. The summed E-state index contributed by atoms with van der Waals surface area (Å²) >= 11 is 0. The number of carbonyl (C=O) groups is 2. The van der Waals surface area contributed by atoms with Gasteiger partial charge in [0.2, 0.25) is 0 Å². The van der Waals surface area contributed by atoms with Gasteiger partial charge in [0.25, 0.3) is 0 Å². The van der Waals surface area contributed by atoms with Crippen LogP contribution in [0.4, 0.5) is 9.59 Å². The van der Waals surface area contributed by atoms with Crippen LogP contribution < -0.4 is 0 Å². The van der Waals surface area contributed by atoms with Crippen molar-refractivity contribution < 1.29 is 32.6 Å². The van der Waals surface area contributed by atoms with Crippen LogP contribution in [0.5, 0.6) is 0 Å². The molecule has 24 heavy (non-hydrogen) atoms. The Bertz CT molecular complexity index is 523. The monoisotopic (exact) mass is 366 g/mol. The summed E-state index contributed by atoms with van der Waals surface area (Å²) in [6, 6.07) is -0.466. The number of hydrogen-bond donors (Lipinski definition) is 1. The second-order valence-electron chi connectivity index (χ2n) is 5.36. The summed E-state index contributed by atoms with van der Waals surface area (Å²) in [5.41, 5.74) is 0. The van der Waals surface area contributed by atoms with E-state index in [1.807, 2.05) is 0 Å². The highest BCUT2D eigenvalue weighted by molar-refractivity contribution is 7.91. The fourth-order valence-corrected chi connectivity index (χ4v) is 4.24. The van der Waals surface area contributed by atoms with Crippen molar-refractivity contribution >= 4 is 22.0 Å². The number of ether oxygens (including phenoxy) is 2. The van der Waals surface area contributed by atoms with Crippen molar-refractivity contribution in [1.82, 2.24) is 9.80 Å². The number of nitrogens with zero attached hydrogens (tertiary/aromatic N) is 2. The fourth-order valence-electron chi connectivity index (χ4n) is 2.51. The van der Waals surface area contributed by atoms with E-state index in [1.54, 1.807) is 13.8 Å². The van der Waals surface area contributed by atoms with E-state index < -0.39 is 28.1 Å². The summed E-state index contributed by atoms with van der Waals surface area (Å²) in [5.74, 6) is -0.0724. The Morgan fingerprint density at radius 1 is 1.08 bits per heavy atom. The van der Waals surface area contributed by atoms with Gasteiger partial charge in [0.05, 0.1) is 37.4 Å². The van der Waals surface area contributed by atoms with E-state index in [4.69, 9.17) is 14.6 Å². The van der Waals surface area contributed by atoms with Gasteiger partial charge >= 0.3 is 12.2 Å². The molecule has 0 aromatic heterocycles. The molecular weight excluding hydrogens is 340 g/mol. The molecule has 2 amide bonds. The topological polar surface area (TPSA) is 113 Å². The molecule has 140 valence electrons. The molecule has 0 spiro atoms. The number of rotatable bonds is 8. The molecule has 9 nitrogen and oxygen atoms in total. The highest BCUT2D eigenvalue weighted by Gasteiger charge is 2.35. The zero-order valence-electron chi connectivity index (χ0n) is 14.1. The highest BCUT2D eigenvalue weighted by atomic mass is 32.2. The molecule has 1 rings (SSSR count). The van der Waals surface area contributed by atoms with Gasteiger partial charge in [-0.2, -0.15) is 0 Å². The van der Waals surface area contributed by atoms with Gasteiger partial charge in [0, 0.05) is 19.6 Å². The zero-order valence-corrected chi connectivity index (χ0v) is 15.0. The minimum Gasteiger partial charge on any atom is -0.450 e. The molecule has 1 saturated heterocycles. The summed E-state index contributed by atoms with van der Waals surface area (Å²) in [4.78, 5) is 26.6. The van der Waals surface area contributed by atoms with Crippen LogP contribution in [0.25, 0.3) is 0 Å². The minimum absolute atomic E-state index is 0.0335. The van der Waals surface area contributed by atoms with E-state index in [0.29, 0.717) is 6.42 Å². The number of sulfone groups is 1. The Hall–Kier alpha value is -1.55. The predicted octanol–water partition coefficient (Wildman–Crippen LogP) is 0.0828. The van der Waals surface area contributed by atoms with Crippen molar-refractivity contribution in [3.63, 3.8) is 0 Å². The molecule has 1 aliphatic rings. The van der Waals surface area contributed by atoms with Crippen LogP contribution >= 0.6 is 0 Å². The third-order valence-corrected chi connectivity index (χ3v) is 5.41. The molecule has 0 saturated carbocycles. The van der Waals surface area contributed by atoms with Gasteiger partial charge in [-0.1, -0.05) is 0 Å². The Labute approximate surface area is 142 Å². The van der Waals surface area contributed by atoms with Crippen LogP contribution in [-0.2, 0) is 19.3 Å². The van der Waals surface area contributed by atoms with E-state index >= 15 is 0 Å². The lowest BCUT2D eigenvalue weighted by molar-refractivity contribution is 0.0749. The lowest BCUT2D eigenvalue weighted by Gasteiger charge is -2.30. The van der Waals surface area contributed by atoms with Gasteiger partial charge < -0.3 is 24.4 Å². The molecule has 1 atom stereocenters. The molecular formula is C14H26N2O7S.